The minimum absolute atomic E-state index is 0.00612. The van der Waals surface area contributed by atoms with Gasteiger partial charge in [0.2, 0.25) is 11.8 Å². The molecule has 0 radical (unpaired) electrons. The Hall–Kier alpha value is -2.17. The second-order valence-corrected chi connectivity index (χ2v) is 5.36. The Labute approximate surface area is 118 Å². The third kappa shape index (κ3) is 3.23. The van der Waals surface area contributed by atoms with Crippen molar-refractivity contribution in [3.05, 3.63) is 29.8 Å². The van der Waals surface area contributed by atoms with Crippen molar-refractivity contribution in [2.24, 2.45) is 16.9 Å². The topological polar surface area (TPSA) is 70.6 Å². The molecule has 0 saturated heterocycles. The molecule has 1 heterocycles. The molecule has 2 rings (SSSR count). The Kier molecular flexibility index (Phi) is 4.17. The van der Waals surface area contributed by atoms with Gasteiger partial charge in [0.1, 0.15) is 0 Å². The second kappa shape index (κ2) is 5.86. The van der Waals surface area contributed by atoms with Crippen LogP contribution in [-0.4, -0.2) is 17.5 Å². The lowest BCUT2D eigenvalue weighted by Crippen LogP contribution is -2.31. The third-order valence-electron chi connectivity index (χ3n) is 3.23. The molecule has 5 nitrogen and oxygen atoms in total. The van der Waals surface area contributed by atoms with Gasteiger partial charge in [0.05, 0.1) is 5.71 Å². The number of anilines is 1. The van der Waals surface area contributed by atoms with E-state index in [0.717, 1.165) is 17.0 Å². The summed E-state index contributed by atoms with van der Waals surface area (Å²) in [6.07, 6.45) is 0.449. The Morgan fingerprint density at radius 1 is 1.35 bits per heavy atom. The maximum absolute atomic E-state index is 11.6. The summed E-state index contributed by atoms with van der Waals surface area (Å²) in [7, 11) is 0. The van der Waals surface area contributed by atoms with E-state index in [-0.39, 0.29) is 23.7 Å². The van der Waals surface area contributed by atoms with Gasteiger partial charge in [0.15, 0.2) is 0 Å². The molecular weight excluding hydrogens is 254 g/mol. The molecule has 1 unspecified atom stereocenters. The van der Waals surface area contributed by atoms with Gasteiger partial charge in [-0.1, -0.05) is 32.9 Å². The van der Waals surface area contributed by atoms with Gasteiger partial charge < -0.3 is 5.32 Å². The summed E-state index contributed by atoms with van der Waals surface area (Å²) in [5, 5.41) is 6.95. The minimum Gasteiger partial charge on any atom is -0.326 e. The molecular formula is C15H19N3O2. The van der Waals surface area contributed by atoms with Crippen LogP contribution in [0.25, 0.3) is 0 Å². The molecule has 106 valence electrons. The summed E-state index contributed by atoms with van der Waals surface area (Å²) >= 11 is 0. The van der Waals surface area contributed by atoms with Gasteiger partial charge in [0, 0.05) is 23.9 Å². The van der Waals surface area contributed by atoms with Crippen molar-refractivity contribution in [3.63, 3.8) is 0 Å². The third-order valence-corrected chi connectivity index (χ3v) is 3.23. The molecule has 1 aliphatic heterocycles. The Bertz CT molecular complexity index is 547. The van der Waals surface area contributed by atoms with Crippen molar-refractivity contribution in [1.82, 2.24) is 5.43 Å². The lowest BCUT2D eigenvalue weighted by Gasteiger charge is -2.19. The van der Waals surface area contributed by atoms with Gasteiger partial charge in [-0.15, -0.1) is 0 Å². The average molecular weight is 273 g/mol. The summed E-state index contributed by atoms with van der Waals surface area (Å²) in [5.41, 5.74) is 5.09. The molecule has 2 amide bonds. The highest BCUT2D eigenvalue weighted by molar-refractivity contribution is 6.06. The summed E-state index contributed by atoms with van der Waals surface area (Å²) in [4.78, 5) is 22.8. The van der Waals surface area contributed by atoms with Crippen LogP contribution in [0.5, 0.6) is 0 Å². The molecule has 0 aromatic heterocycles. The first-order valence-electron chi connectivity index (χ1n) is 6.75. The largest absolute Gasteiger partial charge is 0.326 e. The quantitative estimate of drug-likeness (QED) is 0.885. The van der Waals surface area contributed by atoms with Gasteiger partial charge in [-0.25, -0.2) is 5.43 Å². The van der Waals surface area contributed by atoms with Gasteiger partial charge in [-0.05, 0) is 17.7 Å². The number of amides is 2. The summed E-state index contributed by atoms with van der Waals surface area (Å²) in [6.45, 7) is 5.68. The number of benzene rings is 1. The predicted octanol–water partition coefficient (Wildman–Crippen LogP) is 2.14. The van der Waals surface area contributed by atoms with E-state index in [9.17, 15) is 9.59 Å². The van der Waals surface area contributed by atoms with Crippen LogP contribution in [0.1, 0.15) is 32.8 Å². The first-order valence-corrected chi connectivity index (χ1v) is 6.75. The van der Waals surface area contributed by atoms with Crippen LogP contribution in [0.15, 0.2) is 29.4 Å². The molecule has 2 N–H and O–H groups in total. The van der Waals surface area contributed by atoms with Gasteiger partial charge in [0.25, 0.3) is 0 Å². The van der Waals surface area contributed by atoms with Crippen LogP contribution in [0.3, 0.4) is 0 Å². The van der Waals surface area contributed by atoms with Crippen LogP contribution in [0.2, 0.25) is 0 Å². The first kappa shape index (κ1) is 14.2. The number of nitrogens with one attached hydrogen (secondary N) is 2. The molecule has 1 aliphatic rings. The summed E-state index contributed by atoms with van der Waals surface area (Å²) in [5.74, 6) is -0.0112. The van der Waals surface area contributed by atoms with Crippen LogP contribution >= 0.6 is 0 Å². The van der Waals surface area contributed by atoms with E-state index in [1.807, 2.05) is 45.0 Å². The smallest absolute Gasteiger partial charge is 0.240 e. The summed E-state index contributed by atoms with van der Waals surface area (Å²) in [6, 6.07) is 7.51. The average Bonchev–Trinajstić information content (AvgIpc) is 2.40. The normalized spacial score (nSPS) is 18.5. The number of carbonyl (C=O) groups excluding carboxylic acids is 2. The standard InChI is InChI=1S/C15H19N3O2/c1-9(2)15(20)16-12-6-4-11(5-7-12)14-10(3)8-13(19)17-18-14/h4-7,9-10H,8H2,1-3H3,(H,16,20)(H,17,19). The fourth-order valence-electron chi connectivity index (χ4n) is 2.01. The molecule has 1 atom stereocenters. The molecule has 0 saturated carbocycles. The number of hydrogen-bond donors (Lipinski definition) is 2. The van der Waals surface area contributed by atoms with Crippen molar-refractivity contribution < 1.29 is 9.59 Å². The monoisotopic (exact) mass is 273 g/mol. The number of hydrogen-bond acceptors (Lipinski definition) is 3. The molecule has 0 aliphatic carbocycles. The van der Waals surface area contributed by atoms with Crippen molar-refractivity contribution in [3.8, 4) is 0 Å². The predicted molar refractivity (Wildman–Crippen MR) is 78.4 cm³/mol. The van der Waals surface area contributed by atoms with Gasteiger partial charge >= 0.3 is 0 Å². The maximum Gasteiger partial charge on any atom is 0.240 e. The Balaban J connectivity index is 2.12. The number of carbonyl (C=O) groups is 2. The van der Waals surface area contributed by atoms with Crippen LogP contribution < -0.4 is 10.7 Å². The minimum atomic E-state index is -0.0536. The van der Waals surface area contributed by atoms with E-state index in [2.05, 4.69) is 15.8 Å². The molecule has 1 aromatic carbocycles. The van der Waals surface area contributed by atoms with Crippen LogP contribution in [0.4, 0.5) is 5.69 Å². The lowest BCUT2D eigenvalue weighted by atomic mass is 9.94. The zero-order chi connectivity index (χ0) is 14.7. The molecule has 1 aromatic rings. The lowest BCUT2D eigenvalue weighted by molar-refractivity contribution is -0.122. The van der Waals surface area contributed by atoms with E-state index in [0.29, 0.717) is 6.42 Å². The molecule has 20 heavy (non-hydrogen) atoms. The maximum atomic E-state index is 11.6. The van der Waals surface area contributed by atoms with Crippen molar-refractivity contribution in [1.29, 1.82) is 0 Å². The fraction of sp³-hybridized carbons (Fsp3) is 0.400. The van der Waals surface area contributed by atoms with Gasteiger partial charge in [-0.3, -0.25) is 9.59 Å². The number of hydrazone groups is 1. The van der Waals surface area contributed by atoms with Crippen molar-refractivity contribution in [2.75, 3.05) is 5.32 Å². The second-order valence-electron chi connectivity index (χ2n) is 5.36. The van der Waals surface area contributed by atoms with E-state index >= 15 is 0 Å². The van der Waals surface area contributed by atoms with Crippen LogP contribution in [-0.2, 0) is 9.59 Å². The number of rotatable bonds is 3. The zero-order valence-corrected chi connectivity index (χ0v) is 11.9. The van der Waals surface area contributed by atoms with E-state index in [1.54, 1.807) is 0 Å². The first-order chi connectivity index (χ1) is 9.47. The number of nitrogens with zero attached hydrogens (tertiary/aromatic N) is 1. The molecule has 0 fully saturated rings. The SMILES string of the molecule is CC(C)C(=O)Nc1ccc(C2=NNC(=O)CC2C)cc1. The van der Waals surface area contributed by atoms with E-state index in [1.165, 1.54) is 0 Å². The van der Waals surface area contributed by atoms with Crippen molar-refractivity contribution in [2.45, 2.75) is 27.2 Å². The highest BCUT2D eigenvalue weighted by Gasteiger charge is 2.21. The zero-order valence-electron chi connectivity index (χ0n) is 11.9. The van der Waals surface area contributed by atoms with E-state index < -0.39 is 0 Å². The molecule has 0 bridgehead atoms. The highest BCUT2D eigenvalue weighted by atomic mass is 16.2. The Morgan fingerprint density at radius 2 is 2.00 bits per heavy atom. The van der Waals surface area contributed by atoms with Gasteiger partial charge in [-0.2, -0.15) is 5.10 Å². The fourth-order valence-corrected chi connectivity index (χ4v) is 2.01. The molecule has 5 heteroatoms. The van der Waals surface area contributed by atoms with E-state index in [4.69, 9.17) is 0 Å². The van der Waals surface area contributed by atoms with Crippen molar-refractivity contribution >= 4 is 23.2 Å². The Morgan fingerprint density at radius 3 is 2.55 bits per heavy atom. The summed E-state index contributed by atoms with van der Waals surface area (Å²) < 4.78 is 0. The van der Waals surface area contributed by atoms with Crippen LogP contribution in [0, 0.1) is 11.8 Å². The highest BCUT2D eigenvalue weighted by Crippen LogP contribution is 2.18. The molecule has 0 spiro atoms.